The van der Waals surface area contributed by atoms with E-state index < -0.39 is 10.0 Å². The highest BCUT2D eigenvalue weighted by atomic mass is 32.2. The standard InChI is InChI=1S/C15H12N2O3S/c18-21(19,17-16-11-14-6-3-9-20-14)15-8-7-12-4-1-2-5-13(12)10-15/h1-11,17H/b16-11+. The topological polar surface area (TPSA) is 71.7 Å². The lowest BCUT2D eigenvalue weighted by atomic mass is 10.1. The lowest BCUT2D eigenvalue weighted by molar-refractivity contribution is 0.559. The van der Waals surface area contributed by atoms with Crippen LogP contribution in [0.25, 0.3) is 10.8 Å². The third-order valence-electron chi connectivity index (χ3n) is 2.94. The van der Waals surface area contributed by atoms with Crippen molar-refractivity contribution in [2.45, 2.75) is 4.90 Å². The number of hydrogen-bond donors (Lipinski definition) is 1. The molecule has 0 spiro atoms. The first kappa shape index (κ1) is 13.4. The van der Waals surface area contributed by atoms with Gasteiger partial charge < -0.3 is 4.42 Å². The van der Waals surface area contributed by atoms with E-state index in [9.17, 15) is 8.42 Å². The van der Waals surface area contributed by atoms with E-state index in [0.717, 1.165) is 10.8 Å². The maximum atomic E-state index is 12.1. The van der Waals surface area contributed by atoms with E-state index in [1.165, 1.54) is 12.5 Å². The first-order valence-electron chi connectivity index (χ1n) is 6.22. The molecule has 0 saturated carbocycles. The average molecular weight is 300 g/mol. The molecule has 0 atom stereocenters. The van der Waals surface area contributed by atoms with Gasteiger partial charge in [-0.15, -0.1) is 0 Å². The number of nitrogens with zero attached hydrogens (tertiary/aromatic N) is 1. The van der Waals surface area contributed by atoms with Crippen LogP contribution < -0.4 is 4.83 Å². The second-order valence-corrected chi connectivity index (χ2v) is 6.04. The molecule has 106 valence electrons. The second kappa shape index (κ2) is 5.41. The van der Waals surface area contributed by atoms with E-state index in [0.29, 0.717) is 5.76 Å². The Hall–Kier alpha value is -2.60. The van der Waals surface area contributed by atoms with Crippen molar-refractivity contribution in [2.24, 2.45) is 5.10 Å². The van der Waals surface area contributed by atoms with Crippen molar-refractivity contribution in [1.82, 2.24) is 4.83 Å². The summed E-state index contributed by atoms with van der Waals surface area (Å²) in [6.07, 6.45) is 2.79. The molecule has 1 aromatic heterocycles. The molecule has 5 nitrogen and oxygen atoms in total. The zero-order valence-electron chi connectivity index (χ0n) is 10.9. The third kappa shape index (κ3) is 2.95. The van der Waals surface area contributed by atoms with E-state index in [-0.39, 0.29) is 4.90 Å². The van der Waals surface area contributed by atoms with Gasteiger partial charge >= 0.3 is 0 Å². The van der Waals surface area contributed by atoms with Crippen molar-refractivity contribution in [1.29, 1.82) is 0 Å². The van der Waals surface area contributed by atoms with Gasteiger partial charge in [0.2, 0.25) is 0 Å². The molecule has 0 radical (unpaired) electrons. The fourth-order valence-electron chi connectivity index (χ4n) is 1.91. The third-order valence-corrected chi connectivity index (χ3v) is 4.16. The number of hydrazone groups is 1. The molecule has 0 bridgehead atoms. The van der Waals surface area contributed by atoms with E-state index in [1.54, 1.807) is 30.3 Å². The van der Waals surface area contributed by atoms with Crippen molar-refractivity contribution >= 4 is 27.0 Å². The minimum absolute atomic E-state index is 0.165. The lowest BCUT2D eigenvalue weighted by Crippen LogP contribution is -2.18. The first-order valence-corrected chi connectivity index (χ1v) is 7.71. The Labute approximate surface area is 122 Å². The number of nitrogens with one attached hydrogen (secondary N) is 1. The quantitative estimate of drug-likeness (QED) is 0.595. The van der Waals surface area contributed by atoms with Gasteiger partial charge in [0, 0.05) is 0 Å². The summed E-state index contributed by atoms with van der Waals surface area (Å²) in [6, 6.07) is 15.8. The van der Waals surface area contributed by atoms with Gasteiger partial charge in [-0.1, -0.05) is 30.3 Å². The highest BCUT2D eigenvalue weighted by Gasteiger charge is 2.12. The first-order chi connectivity index (χ1) is 10.1. The molecular weight excluding hydrogens is 288 g/mol. The summed E-state index contributed by atoms with van der Waals surface area (Å²) in [7, 11) is -3.69. The molecule has 0 fully saturated rings. The maximum absolute atomic E-state index is 12.1. The molecular formula is C15H12N2O3S. The van der Waals surface area contributed by atoms with E-state index in [4.69, 9.17) is 4.42 Å². The molecule has 3 rings (SSSR count). The summed E-state index contributed by atoms with van der Waals surface area (Å²) in [5.74, 6) is 0.469. The molecule has 6 heteroatoms. The largest absolute Gasteiger partial charge is 0.463 e. The van der Waals surface area contributed by atoms with Crippen molar-refractivity contribution < 1.29 is 12.8 Å². The fourth-order valence-corrected chi connectivity index (χ4v) is 2.74. The van der Waals surface area contributed by atoms with Crippen LogP contribution in [0.15, 0.2) is 75.3 Å². The summed E-state index contributed by atoms with van der Waals surface area (Å²) < 4.78 is 29.3. The van der Waals surface area contributed by atoms with Crippen molar-refractivity contribution in [3.63, 3.8) is 0 Å². The molecule has 2 aromatic carbocycles. The lowest BCUT2D eigenvalue weighted by Gasteiger charge is -2.04. The molecule has 0 aliphatic rings. The van der Waals surface area contributed by atoms with Crippen molar-refractivity contribution in [3.8, 4) is 0 Å². The maximum Gasteiger partial charge on any atom is 0.276 e. The Kier molecular flexibility index (Phi) is 3.45. The van der Waals surface area contributed by atoms with Crippen LogP contribution in [0.3, 0.4) is 0 Å². The number of fused-ring (bicyclic) bond motifs is 1. The number of furan rings is 1. The zero-order chi connectivity index (χ0) is 14.7. The summed E-state index contributed by atoms with van der Waals surface area (Å²) in [6.45, 7) is 0. The fraction of sp³-hybridized carbons (Fsp3) is 0. The molecule has 3 aromatic rings. The predicted molar refractivity (Wildman–Crippen MR) is 80.6 cm³/mol. The summed E-state index contributed by atoms with van der Waals surface area (Å²) in [4.78, 5) is 2.32. The highest BCUT2D eigenvalue weighted by molar-refractivity contribution is 7.89. The van der Waals surface area contributed by atoms with Crippen LogP contribution in [0, 0.1) is 0 Å². The minimum atomic E-state index is -3.69. The van der Waals surface area contributed by atoms with Gasteiger partial charge in [0.1, 0.15) is 5.76 Å². The van der Waals surface area contributed by atoms with Gasteiger partial charge in [-0.25, -0.2) is 0 Å². The SMILES string of the molecule is O=S(=O)(N/N=C/c1ccco1)c1ccc2ccccc2c1. The van der Waals surface area contributed by atoms with Crippen LogP contribution in [-0.4, -0.2) is 14.6 Å². The molecule has 1 N–H and O–H groups in total. The van der Waals surface area contributed by atoms with E-state index in [2.05, 4.69) is 9.93 Å². The van der Waals surface area contributed by atoms with Crippen LogP contribution in [0.2, 0.25) is 0 Å². The van der Waals surface area contributed by atoms with Crippen LogP contribution >= 0.6 is 0 Å². The number of sulfonamides is 1. The number of hydrogen-bond acceptors (Lipinski definition) is 4. The van der Waals surface area contributed by atoms with Gasteiger partial charge in [-0.3, -0.25) is 0 Å². The van der Waals surface area contributed by atoms with Crippen LogP contribution in [0.5, 0.6) is 0 Å². The Morgan fingerprint density at radius 1 is 1.00 bits per heavy atom. The van der Waals surface area contributed by atoms with Gasteiger partial charge in [-0.05, 0) is 35.0 Å². The van der Waals surface area contributed by atoms with E-state index >= 15 is 0 Å². The molecule has 0 saturated heterocycles. The molecule has 21 heavy (non-hydrogen) atoms. The van der Waals surface area contributed by atoms with Crippen LogP contribution in [0.4, 0.5) is 0 Å². The summed E-state index contributed by atoms with van der Waals surface area (Å²) >= 11 is 0. The predicted octanol–water partition coefficient (Wildman–Crippen LogP) is 2.75. The smallest absolute Gasteiger partial charge is 0.276 e. The minimum Gasteiger partial charge on any atom is -0.463 e. The molecule has 0 aliphatic heterocycles. The Morgan fingerprint density at radius 3 is 2.57 bits per heavy atom. The van der Waals surface area contributed by atoms with Gasteiger partial charge in [0.15, 0.2) is 0 Å². The summed E-state index contributed by atoms with van der Waals surface area (Å²) in [5.41, 5.74) is 0. The van der Waals surface area contributed by atoms with E-state index in [1.807, 2.05) is 24.3 Å². The van der Waals surface area contributed by atoms with Crippen molar-refractivity contribution in [3.05, 3.63) is 66.6 Å². The second-order valence-electron chi connectivity index (χ2n) is 4.38. The average Bonchev–Trinajstić information content (AvgIpc) is 3.00. The Morgan fingerprint density at radius 2 is 1.81 bits per heavy atom. The van der Waals surface area contributed by atoms with Crippen molar-refractivity contribution in [2.75, 3.05) is 0 Å². The van der Waals surface area contributed by atoms with Gasteiger partial charge in [0.25, 0.3) is 10.0 Å². The van der Waals surface area contributed by atoms with Crippen LogP contribution in [0.1, 0.15) is 5.76 Å². The monoisotopic (exact) mass is 300 g/mol. The molecule has 0 amide bonds. The molecule has 0 aliphatic carbocycles. The Balaban J connectivity index is 1.86. The van der Waals surface area contributed by atoms with Gasteiger partial charge in [-0.2, -0.15) is 18.4 Å². The summed E-state index contributed by atoms with van der Waals surface area (Å²) in [5, 5.41) is 5.52. The molecule has 0 unspecified atom stereocenters. The van der Waals surface area contributed by atoms with Gasteiger partial charge in [0.05, 0.1) is 17.4 Å². The number of benzene rings is 2. The normalized spacial score (nSPS) is 12.0. The van der Waals surface area contributed by atoms with Crippen LogP contribution in [-0.2, 0) is 10.0 Å². The highest BCUT2D eigenvalue weighted by Crippen LogP contribution is 2.18. The number of rotatable bonds is 4. The molecule has 1 heterocycles. The Bertz CT molecular complexity index is 884. The zero-order valence-corrected chi connectivity index (χ0v) is 11.7.